The lowest BCUT2D eigenvalue weighted by Gasteiger charge is -2.05. The zero-order valence-electron chi connectivity index (χ0n) is 9.59. The number of carbonyl (C=O) groups is 1. The van der Waals surface area contributed by atoms with Gasteiger partial charge in [0.1, 0.15) is 5.75 Å². The molecule has 0 radical (unpaired) electrons. The molecule has 2 rings (SSSR count). The Labute approximate surface area is 104 Å². The van der Waals surface area contributed by atoms with E-state index in [1.54, 1.807) is 24.3 Å². The fourth-order valence-corrected chi connectivity index (χ4v) is 1.65. The van der Waals surface area contributed by atoms with Crippen LogP contribution in [0.5, 0.6) is 5.75 Å². The number of phenols is 1. The summed E-state index contributed by atoms with van der Waals surface area (Å²) in [4.78, 5) is 10.8. The van der Waals surface area contributed by atoms with E-state index in [2.05, 4.69) is 5.32 Å². The maximum absolute atomic E-state index is 10.8. The number of furan rings is 1. The molecule has 0 aliphatic rings. The van der Waals surface area contributed by atoms with E-state index in [9.17, 15) is 9.90 Å². The van der Waals surface area contributed by atoms with Gasteiger partial charge in [0.05, 0.1) is 6.26 Å². The first kappa shape index (κ1) is 12.2. The third-order valence-electron chi connectivity index (χ3n) is 2.56. The normalized spacial score (nSPS) is 10.4. The number of carboxylic acids is 1. The van der Waals surface area contributed by atoms with E-state index in [4.69, 9.17) is 9.52 Å². The molecule has 1 aromatic carbocycles. The van der Waals surface area contributed by atoms with E-state index in [1.807, 2.05) is 6.07 Å². The minimum Gasteiger partial charge on any atom is -0.508 e. The van der Waals surface area contributed by atoms with Gasteiger partial charge in [0.2, 0.25) is 5.76 Å². The van der Waals surface area contributed by atoms with Crippen LogP contribution in [0, 0.1) is 0 Å². The number of carboxylic acid groups (broad SMARTS) is 1. The second-order valence-corrected chi connectivity index (χ2v) is 3.81. The van der Waals surface area contributed by atoms with Gasteiger partial charge in [-0.3, -0.25) is 0 Å². The molecule has 0 fully saturated rings. The number of hydrogen-bond acceptors (Lipinski definition) is 4. The number of rotatable bonds is 5. The van der Waals surface area contributed by atoms with Gasteiger partial charge >= 0.3 is 5.97 Å². The van der Waals surface area contributed by atoms with Crippen molar-refractivity contribution in [2.75, 3.05) is 0 Å². The highest BCUT2D eigenvalue weighted by molar-refractivity contribution is 5.86. The molecule has 3 N–H and O–H groups in total. The third-order valence-corrected chi connectivity index (χ3v) is 2.56. The maximum Gasteiger partial charge on any atom is 0.372 e. The molecule has 0 bridgehead atoms. The van der Waals surface area contributed by atoms with Crippen molar-refractivity contribution in [3.63, 3.8) is 0 Å². The number of hydrogen-bond donors (Lipinski definition) is 3. The van der Waals surface area contributed by atoms with E-state index >= 15 is 0 Å². The van der Waals surface area contributed by atoms with Gasteiger partial charge in [-0.1, -0.05) is 18.2 Å². The quantitative estimate of drug-likeness (QED) is 0.752. The summed E-state index contributed by atoms with van der Waals surface area (Å²) < 4.78 is 4.86. The van der Waals surface area contributed by atoms with Crippen LogP contribution in [0.15, 0.2) is 41.0 Å². The zero-order chi connectivity index (χ0) is 13.0. The van der Waals surface area contributed by atoms with Crippen LogP contribution >= 0.6 is 0 Å². The molecule has 0 saturated heterocycles. The van der Waals surface area contributed by atoms with Crippen molar-refractivity contribution in [2.24, 2.45) is 0 Å². The number of nitrogens with one attached hydrogen (secondary N) is 1. The molecule has 2 aromatic rings. The van der Waals surface area contributed by atoms with Gasteiger partial charge in [-0.15, -0.1) is 0 Å². The van der Waals surface area contributed by atoms with Crippen molar-refractivity contribution in [3.8, 4) is 5.75 Å². The van der Waals surface area contributed by atoms with Crippen LogP contribution in [-0.4, -0.2) is 16.2 Å². The number of aromatic hydroxyl groups is 1. The Morgan fingerprint density at radius 1 is 1.17 bits per heavy atom. The molecule has 0 aliphatic carbocycles. The topological polar surface area (TPSA) is 82.7 Å². The Hall–Kier alpha value is -2.27. The van der Waals surface area contributed by atoms with E-state index < -0.39 is 5.97 Å². The Bertz CT molecular complexity index is 547. The predicted octanol–water partition coefficient (Wildman–Crippen LogP) is 1.97. The summed E-state index contributed by atoms with van der Waals surface area (Å²) in [7, 11) is 0. The van der Waals surface area contributed by atoms with Gasteiger partial charge in [-0.25, -0.2) is 4.79 Å². The maximum atomic E-state index is 10.8. The first-order valence-electron chi connectivity index (χ1n) is 5.45. The summed E-state index contributed by atoms with van der Waals surface area (Å²) in [5, 5.41) is 21.5. The zero-order valence-corrected chi connectivity index (χ0v) is 9.59. The van der Waals surface area contributed by atoms with Crippen molar-refractivity contribution in [1.29, 1.82) is 0 Å². The van der Waals surface area contributed by atoms with Crippen molar-refractivity contribution < 1.29 is 19.4 Å². The van der Waals surface area contributed by atoms with Crippen LogP contribution in [0.3, 0.4) is 0 Å². The molecule has 18 heavy (non-hydrogen) atoms. The summed E-state index contributed by atoms with van der Waals surface area (Å²) in [5.41, 5.74) is 1.34. The number of aromatic carboxylic acids is 1. The summed E-state index contributed by atoms with van der Waals surface area (Å²) >= 11 is 0. The summed E-state index contributed by atoms with van der Waals surface area (Å²) in [6, 6.07) is 8.60. The van der Waals surface area contributed by atoms with Crippen LogP contribution in [0.4, 0.5) is 0 Å². The van der Waals surface area contributed by atoms with Gasteiger partial charge in [0, 0.05) is 24.2 Å². The van der Waals surface area contributed by atoms with Crippen molar-refractivity contribution >= 4 is 5.97 Å². The molecule has 0 atom stereocenters. The number of phenolic OH excluding ortho intramolecular Hbond substituents is 1. The highest BCUT2D eigenvalue weighted by Crippen LogP contribution is 2.15. The summed E-state index contributed by atoms with van der Waals surface area (Å²) in [6.07, 6.45) is 1.35. The SMILES string of the molecule is O=C(O)c1occc1CNCc1ccccc1O. The Morgan fingerprint density at radius 2 is 1.89 bits per heavy atom. The van der Waals surface area contributed by atoms with Crippen LogP contribution < -0.4 is 5.32 Å². The van der Waals surface area contributed by atoms with Crippen LogP contribution in [0.1, 0.15) is 21.7 Å². The minimum absolute atomic E-state index is 0.0558. The molecule has 0 amide bonds. The molecule has 0 aliphatic heterocycles. The van der Waals surface area contributed by atoms with Gasteiger partial charge in [0.25, 0.3) is 0 Å². The van der Waals surface area contributed by atoms with Crippen LogP contribution in [0.25, 0.3) is 0 Å². The third kappa shape index (κ3) is 2.70. The number of para-hydroxylation sites is 1. The van der Waals surface area contributed by atoms with Gasteiger partial charge in [-0.05, 0) is 12.1 Å². The second kappa shape index (κ2) is 5.37. The predicted molar refractivity (Wildman–Crippen MR) is 64.3 cm³/mol. The first-order chi connectivity index (χ1) is 8.68. The fourth-order valence-electron chi connectivity index (χ4n) is 1.65. The van der Waals surface area contributed by atoms with E-state index in [1.165, 1.54) is 6.26 Å². The van der Waals surface area contributed by atoms with Crippen LogP contribution in [0.2, 0.25) is 0 Å². The average molecular weight is 247 g/mol. The lowest BCUT2D eigenvalue weighted by atomic mass is 10.2. The Kier molecular flexibility index (Phi) is 3.64. The molecule has 5 nitrogen and oxygen atoms in total. The average Bonchev–Trinajstić information content (AvgIpc) is 2.80. The first-order valence-corrected chi connectivity index (χ1v) is 5.45. The largest absolute Gasteiger partial charge is 0.508 e. The van der Waals surface area contributed by atoms with Gasteiger partial charge in [0.15, 0.2) is 0 Å². The molecule has 0 spiro atoms. The standard InChI is InChI=1S/C13H13NO4/c15-11-4-2-1-3-9(11)7-14-8-10-5-6-18-12(10)13(16)17/h1-6,14-15H,7-8H2,(H,16,17). The van der Waals surface area contributed by atoms with E-state index in [0.717, 1.165) is 5.56 Å². The van der Waals surface area contributed by atoms with Crippen molar-refractivity contribution in [2.45, 2.75) is 13.1 Å². The van der Waals surface area contributed by atoms with Crippen LogP contribution in [-0.2, 0) is 13.1 Å². The summed E-state index contributed by atoms with van der Waals surface area (Å²) in [6.45, 7) is 0.823. The molecule has 5 heteroatoms. The van der Waals surface area contributed by atoms with E-state index in [0.29, 0.717) is 18.7 Å². The smallest absolute Gasteiger partial charge is 0.372 e. The highest BCUT2D eigenvalue weighted by Gasteiger charge is 2.13. The summed E-state index contributed by atoms with van der Waals surface area (Å²) in [5.74, 6) is -0.921. The molecular weight excluding hydrogens is 234 g/mol. The lowest BCUT2D eigenvalue weighted by Crippen LogP contribution is -2.14. The second-order valence-electron chi connectivity index (χ2n) is 3.81. The lowest BCUT2D eigenvalue weighted by molar-refractivity contribution is 0.0660. The number of benzene rings is 1. The molecule has 0 saturated carbocycles. The van der Waals surface area contributed by atoms with Crippen molar-refractivity contribution in [1.82, 2.24) is 5.32 Å². The van der Waals surface area contributed by atoms with Gasteiger partial charge < -0.3 is 19.9 Å². The van der Waals surface area contributed by atoms with E-state index in [-0.39, 0.29) is 11.5 Å². The Morgan fingerprint density at radius 3 is 2.61 bits per heavy atom. The highest BCUT2D eigenvalue weighted by atomic mass is 16.4. The van der Waals surface area contributed by atoms with Gasteiger partial charge in [-0.2, -0.15) is 0 Å². The molecule has 1 heterocycles. The Balaban J connectivity index is 1.95. The molecule has 0 unspecified atom stereocenters. The van der Waals surface area contributed by atoms with Crippen molar-refractivity contribution in [3.05, 3.63) is 53.5 Å². The fraction of sp³-hybridized carbons (Fsp3) is 0.154. The minimum atomic E-state index is -1.08. The molecular formula is C13H13NO4. The molecule has 1 aromatic heterocycles. The molecule has 94 valence electrons. The monoisotopic (exact) mass is 247 g/mol.